The third-order valence-corrected chi connectivity index (χ3v) is 11.0. The number of aromatic nitrogens is 2. The predicted molar refractivity (Wildman–Crippen MR) is 223 cm³/mol. The monoisotopic (exact) mass is 799 g/mol. The molecular weight excluding hydrogens is 751 g/mol. The average molecular weight is 800 g/mol. The highest BCUT2D eigenvalue weighted by Gasteiger charge is 2.39. The van der Waals surface area contributed by atoms with Gasteiger partial charge in [-0.05, 0) is 85.5 Å². The number of nitrogens with zero attached hydrogens (tertiary/aromatic N) is 6. The van der Waals surface area contributed by atoms with Crippen molar-refractivity contribution in [2.24, 2.45) is 0 Å². The van der Waals surface area contributed by atoms with Gasteiger partial charge in [-0.1, -0.05) is 18.2 Å². The molecule has 0 saturated carbocycles. The Kier molecular flexibility index (Phi) is 12.6. The van der Waals surface area contributed by atoms with Crippen LogP contribution in [0.1, 0.15) is 69.8 Å². The molecule has 0 radical (unpaired) electrons. The summed E-state index contributed by atoms with van der Waals surface area (Å²) in [5.41, 5.74) is 5.14. The van der Waals surface area contributed by atoms with Gasteiger partial charge >= 0.3 is 0 Å². The molecule has 3 aliphatic rings. The lowest BCUT2D eigenvalue weighted by atomic mass is 10.0. The first-order chi connectivity index (χ1) is 28.5. The Morgan fingerprint density at radius 3 is 2.56 bits per heavy atom. The Labute approximate surface area is 343 Å². The number of piperidine rings is 1. The molecule has 4 aromatic rings. The number of nitrogens with one attached hydrogen (secondary N) is 5. The number of carbonyl (C=O) groups is 4. The van der Waals surface area contributed by atoms with Gasteiger partial charge in [-0.2, -0.15) is 0 Å². The van der Waals surface area contributed by atoms with E-state index in [2.05, 4.69) is 41.8 Å². The van der Waals surface area contributed by atoms with Crippen LogP contribution in [0.2, 0.25) is 0 Å². The van der Waals surface area contributed by atoms with Gasteiger partial charge < -0.3 is 30.1 Å². The molecule has 3 aliphatic heterocycles. The highest BCUT2D eigenvalue weighted by molar-refractivity contribution is 6.07. The molecule has 5 N–H and O–H groups in total. The first kappa shape index (κ1) is 40.5. The fraction of sp³-hybridized carbons (Fsp3) is 0.349. The van der Waals surface area contributed by atoms with E-state index in [4.69, 9.17) is 15.6 Å². The van der Waals surface area contributed by atoms with E-state index in [-0.39, 0.29) is 48.4 Å². The molecule has 0 spiro atoms. The fourth-order valence-corrected chi connectivity index (χ4v) is 7.49. The summed E-state index contributed by atoms with van der Waals surface area (Å²) >= 11 is 0. The topological polar surface area (TPSA) is 200 Å². The lowest BCUT2D eigenvalue weighted by Crippen LogP contribution is -2.52. The van der Waals surface area contributed by atoms with Crippen LogP contribution in [0.15, 0.2) is 85.3 Å². The van der Waals surface area contributed by atoms with Gasteiger partial charge in [-0.15, -0.1) is 0 Å². The number of piperazine rings is 1. The summed E-state index contributed by atoms with van der Waals surface area (Å²) < 4.78 is 6.05. The summed E-state index contributed by atoms with van der Waals surface area (Å²) in [6.45, 7) is 7.52. The van der Waals surface area contributed by atoms with Crippen molar-refractivity contribution in [3.63, 3.8) is 0 Å². The molecule has 3 aromatic carbocycles. The van der Waals surface area contributed by atoms with Gasteiger partial charge in [-0.3, -0.25) is 40.2 Å². The lowest BCUT2D eigenvalue weighted by molar-refractivity contribution is -0.136. The first-order valence-electron chi connectivity index (χ1n) is 19.8. The molecule has 0 bridgehead atoms. The minimum Gasteiger partial charge on any atom is -0.494 e. The Balaban J connectivity index is 0.802. The molecular formula is C43H49N11O5. The van der Waals surface area contributed by atoms with Crippen LogP contribution in [0.4, 0.5) is 11.4 Å². The highest BCUT2D eigenvalue weighted by atomic mass is 16.5. The molecule has 0 aliphatic carbocycles. The van der Waals surface area contributed by atoms with Crippen LogP contribution in [0.5, 0.6) is 5.75 Å². The number of rotatable bonds is 14. The molecule has 2 atom stereocenters. The van der Waals surface area contributed by atoms with Gasteiger partial charge in [0.25, 0.3) is 11.8 Å². The van der Waals surface area contributed by atoms with Crippen molar-refractivity contribution in [1.29, 1.82) is 10.8 Å². The molecule has 16 heteroatoms. The molecule has 2 saturated heterocycles. The standard InChI is InChI=1S/C43H49N11O5/c1-28(49-41(56)30-5-3-6-32(23-30)47-25-38(44)51(2)40(45)36-15-16-46-27-48-36)29-7-10-34(11-8-29)59-22-4-17-52-18-20-53(21-19-52)33-9-12-35-31(24-33)26-54(43(35)58)37-13-14-39(55)50-42(37)57/h3,5-12,15-16,23-24,27-28,37,44-45,47H,4,13-14,17-22,25-26H2,1-2H3,(H,49,56)(H,50,55,57)/t28-,37?/m1/s1. The second-order valence-electron chi connectivity index (χ2n) is 14.9. The molecule has 2 fully saturated rings. The molecule has 4 amide bonds. The number of imide groups is 1. The highest BCUT2D eigenvalue weighted by Crippen LogP contribution is 2.31. The van der Waals surface area contributed by atoms with Crippen molar-refractivity contribution in [1.82, 2.24) is 35.3 Å². The molecule has 1 aromatic heterocycles. The van der Waals surface area contributed by atoms with E-state index < -0.39 is 11.9 Å². The van der Waals surface area contributed by atoms with E-state index in [1.807, 2.05) is 49.4 Å². The maximum absolute atomic E-state index is 13.2. The first-order valence-corrected chi connectivity index (χ1v) is 19.8. The minimum atomic E-state index is -0.615. The number of amides is 4. The zero-order chi connectivity index (χ0) is 41.5. The van der Waals surface area contributed by atoms with Crippen LogP contribution < -0.4 is 25.6 Å². The van der Waals surface area contributed by atoms with E-state index in [0.29, 0.717) is 42.1 Å². The minimum absolute atomic E-state index is 0.0857. The third-order valence-electron chi connectivity index (χ3n) is 11.0. The molecule has 16 nitrogen and oxygen atoms in total. The molecule has 59 heavy (non-hydrogen) atoms. The lowest BCUT2D eigenvalue weighted by Gasteiger charge is -2.36. The van der Waals surface area contributed by atoms with Crippen LogP contribution in [0.25, 0.3) is 0 Å². The Hall–Kier alpha value is -6.68. The number of ether oxygens (including phenoxy) is 1. The van der Waals surface area contributed by atoms with E-state index in [1.165, 1.54) is 11.2 Å². The number of hydrogen-bond acceptors (Lipinski definition) is 12. The van der Waals surface area contributed by atoms with Crippen molar-refractivity contribution in [3.8, 4) is 5.75 Å². The Bertz CT molecular complexity index is 2210. The average Bonchev–Trinajstić information content (AvgIpc) is 3.59. The van der Waals surface area contributed by atoms with Crippen molar-refractivity contribution in [2.45, 2.75) is 44.8 Å². The van der Waals surface area contributed by atoms with Gasteiger partial charge in [0, 0.05) is 81.4 Å². The van der Waals surface area contributed by atoms with E-state index in [9.17, 15) is 19.2 Å². The summed E-state index contributed by atoms with van der Waals surface area (Å²) in [5.74, 6) is -0.0462. The second kappa shape index (κ2) is 18.3. The quantitative estimate of drug-likeness (QED) is 0.0540. The number of fused-ring (bicyclic) bond motifs is 1. The van der Waals surface area contributed by atoms with E-state index in [0.717, 1.165) is 61.7 Å². The molecule has 1 unspecified atom stereocenters. The van der Waals surface area contributed by atoms with Gasteiger partial charge in [0.05, 0.1) is 19.2 Å². The number of likely N-dealkylation sites (N-methyl/N-ethyl adjacent to an activating group) is 1. The number of benzene rings is 3. The molecule has 4 heterocycles. The van der Waals surface area contributed by atoms with Gasteiger partial charge in [0.15, 0.2) is 5.84 Å². The van der Waals surface area contributed by atoms with Crippen LogP contribution in [0, 0.1) is 10.8 Å². The van der Waals surface area contributed by atoms with Gasteiger partial charge in [0.2, 0.25) is 11.8 Å². The van der Waals surface area contributed by atoms with Crippen LogP contribution in [-0.2, 0) is 16.1 Å². The summed E-state index contributed by atoms with van der Waals surface area (Å²) in [6.07, 6.45) is 4.39. The zero-order valence-corrected chi connectivity index (χ0v) is 33.2. The van der Waals surface area contributed by atoms with Gasteiger partial charge in [-0.25, -0.2) is 9.97 Å². The smallest absolute Gasteiger partial charge is 0.255 e. The summed E-state index contributed by atoms with van der Waals surface area (Å²) in [4.78, 5) is 66.0. The largest absolute Gasteiger partial charge is 0.494 e. The van der Waals surface area contributed by atoms with Crippen molar-refractivity contribution >= 4 is 46.7 Å². The van der Waals surface area contributed by atoms with E-state index in [1.54, 1.807) is 42.4 Å². The van der Waals surface area contributed by atoms with Crippen molar-refractivity contribution in [2.75, 3.05) is 63.1 Å². The van der Waals surface area contributed by atoms with Crippen LogP contribution in [-0.4, -0.2) is 119 Å². The third kappa shape index (κ3) is 9.72. The predicted octanol–water partition coefficient (Wildman–Crippen LogP) is 3.67. The molecule has 306 valence electrons. The normalized spacial score (nSPS) is 17.2. The second-order valence-corrected chi connectivity index (χ2v) is 14.9. The number of hydrogen-bond donors (Lipinski definition) is 5. The Morgan fingerprint density at radius 1 is 1.02 bits per heavy atom. The number of amidine groups is 2. The Morgan fingerprint density at radius 2 is 1.81 bits per heavy atom. The maximum Gasteiger partial charge on any atom is 0.255 e. The maximum atomic E-state index is 13.2. The SMILES string of the molecule is C[C@@H](NC(=O)c1cccc(NCC(=N)N(C)C(=N)c2ccncn2)c1)c1ccc(OCCCN2CCN(c3ccc4c(c3)CN(C3CCC(=O)NC3=O)C4=O)CC2)cc1. The number of carbonyl (C=O) groups excluding carboxylic acids is 4. The number of anilines is 2. The zero-order valence-electron chi connectivity index (χ0n) is 33.2. The van der Waals surface area contributed by atoms with Crippen molar-refractivity contribution in [3.05, 3.63) is 113 Å². The van der Waals surface area contributed by atoms with Crippen molar-refractivity contribution < 1.29 is 23.9 Å². The van der Waals surface area contributed by atoms with Crippen LogP contribution >= 0.6 is 0 Å². The fourth-order valence-electron chi connectivity index (χ4n) is 7.49. The molecule has 7 rings (SSSR count). The van der Waals surface area contributed by atoms with Crippen LogP contribution in [0.3, 0.4) is 0 Å². The van der Waals surface area contributed by atoms with E-state index >= 15 is 0 Å². The van der Waals surface area contributed by atoms with Gasteiger partial charge in [0.1, 0.15) is 29.6 Å². The summed E-state index contributed by atoms with van der Waals surface area (Å²) in [5, 5.41) is 25.3. The summed E-state index contributed by atoms with van der Waals surface area (Å²) in [7, 11) is 1.64. The summed E-state index contributed by atoms with van der Waals surface area (Å²) in [6, 6.07) is 21.5.